The average Bonchev–Trinajstić information content (AvgIpc) is 2.58. The normalized spacial score (nSPS) is 10.3. The first-order valence-electron chi connectivity index (χ1n) is 2.94. The minimum Gasteiger partial charge on any atom is -0.351 e. The van der Waals surface area contributed by atoms with Gasteiger partial charge in [0.15, 0.2) is 0 Å². The first kappa shape index (κ1) is 6.58. The Balaban J connectivity index is 2.43. The van der Waals surface area contributed by atoms with Gasteiger partial charge < -0.3 is 20.5 Å². The molecule has 0 atom stereocenters. The Bertz CT molecular complexity index is 353. The molecule has 8 heteroatoms. The van der Waals surface area contributed by atoms with Gasteiger partial charge in [0.05, 0.1) is 0 Å². The Morgan fingerprint density at radius 2 is 1.25 bits per heavy atom. The summed E-state index contributed by atoms with van der Waals surface area (Å²) in [6, 6.07) is -0.123. The van der Waals surface area contributed by atoms with E-state index in [1.165, 1.54) is 0 Å². The molecule has 0 saturated heterocycles. The topological polar surface area (TPSA) is 130 Å². The van der Waals surface area contributed by atoms with Crippen molar-refractivity contribution in [1.82, 2.24) is 20.3 Å². The molecule has 0 aliphatic heterocycles. The number of rotatable bonds is 1. The predicted octanol–water partition coefficient (Wildman–Crippen LogP) is -0.716. The quantitative estimate of drug-likeness (QED) is 0.570. The van der Waals surface area contributed by atoms with Gasteiger partial charge in [0.1, 0.15) is 0 Å². The summed E-state index contributed by atoms with van der Waals surface area (Å²) in [6.45, 7) is 0. The third kappa shape index (κ3) is 0.944. The molecule has 0 radical (unpaired) electrons. The van der Waals surface area contributed by atoms with Crippen LogP contribution in [0.5, 0.6) is 0 Å². The Morgan fingerprint density at radius 1 is 0.833 bits per heavy atom. The van der Waals surface area contributed by atoms with Gasteiger partial charge in [-0.2, -0.15) is 9.97 Å². The lowest BCUT2D eigenvalue weighted by molar-refractivity contribution is 0.428. The highest BCUT2D eigenvalue weighted by Gasteiger charge is 2.12. The van der Waals surface area contributed by atoms with Crippen LogP contribution in [0.3, 0.4) is 0 Å². The number of aromatic nitrogens is 4. The van der Waals surface area contributed by atoms with Crippen molar-refractivity contribution in [2.75, 3.05) is 11.5 Å². The molecule has 0 amide bonds. The maximum absolute atomic E-state index is 5.17. The fraction of sp³-hybridized carbons (Fsp3) is 0. The Morgan fingerprint density at radius 3 is 1.50 bits per heavy atom. The molecule has 0 bridgehead atoms. The van der Waals surface area contributed by atoms with Crippen LogP contribution in [0.15, 0.2) is 9.05 Å². The minimum atomic E-state index is -0.0617. The van der Waals surface area contributed by atoms with Crippen LogP contribution in [0, 0.1) is 0 Å². The molecule has 0 saturated carbocycles. The van der Waals surface area contributed by atoms with Crippen LogP contribution in [-0.2, 0) is 0 Å². The number of nitrogens with two attached hydrogens (primary N) is 2. The van der Waals surface area contributed by atoms with Crippen LogP contribution in [0.25, 0.3) is 11.6 Å². The molecule has 4 N–H and O–H groups in total. The molecule has 0 aliphatic rings. The lowest BCUT2D eigenvalue weighted by Crippen LogP contribution is -1.87. The first-order chi connectivity index (χ1) is 5.75. The second-order valence-corrected chi connectivity index (χ2v) is 1.91. The molecule has 8 nitrogen and oxygen atoms in total. The summed E-state index contributed by atoms with van der Waals surface area (Å²) in [5.41, 5.74) is 10.3. The number of nitrogen functional groups attached to an aromatic ring is 2. The smallest absolute Gasteiger partial charge is 0.319 e. The minimum absolute atomic E-state index is 0.0617. The zero-order valence-electron chi connectivity index (χ0n) is 5.76. The average molecular weight is 168 g/mol. The molecule has 0 unspecified atom stereocenters. The van der Waals surface area contributed by atoms with E-state index >= 15 is 0 Å². The number of anilines is 2. The van der Waals surface area contributed by atoms with Gasteiger partial charge in [0, 0.05) is 0 Å². The predicted molar refractivity (Wildman–Crippen MR) is 36.4 cm³/mol. The molecule has 0 spiro atoms. The second-order valence-electron chi connectivity index (χ2n) is 1.91. The van der Waals surface area contributed by atoms with Crippen molar-refractivity contribution in [3.05, 3.63) is 0 Å². The van der Waals surface area contributed by atoms with Gasteiger partial charge >= 0.3 is 12.0 Å². The summed E-state index contributed by atoms with van der Waals surface area (Å²) in [7, 11) is 0. The van der Waals surface area contributed by atoms with Gasteiger partial charge in [-0.1, -0.05) is 10.3 Å². The van der Waals surface area contributed by atoms with Gasteiger partial charge in [-0.3, -0.25) is 0 Å². The van der Waals surface area contributed by atoms with Gasteiger partial charge in [0.25, 0.3) is 0 Å². The molecule has 2 rings (SSSR count). The van der Waals surface area contributed by atoms with Gasteiger partial charge in [-0.25, -0.2) is 0 Å². The first-order valence-corrected chi connectivity index (χ1v) is 2.94. The van der Waals surface area contributed by atoms with Crippen LogP contribution in [0.4, 0.5) is 12.0 Å². The molecule has 2 aromatic heterocycles. The zero-order chi connectivity index (χ0) is 8.55. The number of hydrogen-bond acceptors (Lipinski definition) is 8. The number of nitrogens with zero attached hydrogens (tertiary/aromatic N) is 4. The molecule has 2 heterocycles. The molecule has 12 heavy (non-hydrogen) atoms. The lowest BCUT2D eigenvalue weighted by atomic mass is 10.6. The molecule has 62 valence electrons. The van der Waals surface area contributed by atoms with E-state index in [1.807, 2.05) is 0 Å². The van der Waals surface area contributed by atoms with E-state index < -0.39 is 0 Å². The standard InChI is InChI=1S/C4H4N6O2/c5-3-7-1(9-11-3)2-8-4(6)12-10-2/h(H2,5,7,9)(H2,6,8,10). The summed E-state index contributed by atoms with van der Waals surface area (Å²) in [6.07, 6.45) is 0. The van der Waals surface area contributed by atoms with Crippen molar-refractivity contribution in [2.24, 2.45) is 0 Å². The second kappa shape index (κ2) is 2.19. The summed E-state index contributed by atoms with van der Waals surface area (Å²) in [4.78, 5) is 7.31. The number of hydrogen-bond donors (Lipinski definition) is 2. The third-order valence-corrected chi connectivity index (χ3v) is 1.08. The Hall–Kier alpha value is -2.12. The fourth-order valence-corrected chi connectivity index (χ4v) is 0.652. The highest BCUT2D eigenvalue weighted by atomic mass is 16.5. The highest BCUT2D eigenvalue weighted by Crippen LogP contribution is 2.12. The summed E-state index contributed by atoms with van der Waals surface area (Å²) in [5, 5.41) is 6.90. The zero-order valence-corrected chi connectivity index (χ0v) is 5.76. The van der Waals surface area contributed by atoms with Crippen LogP contribution >= 0.6 is 0 Å². The molecular weight excluding hydrogens is 164 g/mol. The van der Waals surface area contributed by atoms with E-state index in [0.29, 0.717) is 0 Å². The lowest BCUT2D eigenvalue weighted by Gasteiger charge is -1.75. The van der Waals surface area contributed by atoms with Crippen molar-refractivity contribution in [1.29, 1.82) is 0 Å². The highest BCUT2D eigenvalue weighted by molar-refractivity contribution is 5.43. The molecule has 0 fully saturated rings. The van der Waals surface area contributed by atoms with Crippen molar-refractivity contribution in [2.45, 2.75) is 0 Å². The van der Waals surface area contributed by atoms with Crippen molar-refractivity contribution >= 4 is 12.0 Å². The largest absolute Gasteiger partial charge is 0.351 e. The van der Waals surface area contributed by atoms with Crippen molar-refractivity contribution < 1.29 is 9.05 Å². The maximum Gasteiger partial charge on any atom is 0.319 e. The summed E-state index contributed by atoms with van der Waals surface area (Å²) < 4.78 is 8.96. The van der Waals surface area contributed by atoms with E-state index in [2.05, 4.69) is 29.3 Å². The Labute approximate surface area is 65.5 Å². The SMILES string of the molecule is Nc1nc(-c2noc(N)n2)no1. The maximum atomic E-state index is 5.17. The third-order valence-electron chi connectivity index (χ3n) is 1.08. The summed E-state index contributed by atoms with van der Waals surface area (Å²) >= 11 is 0. The molecular formula is C4H4N6O2. The van der Waals surface area contributed by atoms with E-state index in [0.717, 1.165) is 0 Å². The van der Waals surface area contributed by atoms with E-state index in [-0.39, 0.29) is 23.7 Å². The van der Waals surface area contributed by atoms with Gasteiger partial charge in [-0.05, 0) is 0 Å². The van der Waals surface area contributed by atoms with E-state index in [9.17, 15) is 0 Å². The van der Waals surface area contributed by atoms with Gasteiger partial charge in [0.2, 0.25) is 11.6 Å². The Kier molecular flexibility index (Phi) is 1.20. The molecule has 0 aromatic carbocycles. The van der Waals surface area contributed by atoms with Crippen LogP contribution < -0.4 is 11.5 Å². The van der Waals surface area contributed by atoms with E-state index in [1.54, 1.807) is 0 Å². The summed E-state index contributed by atoms with van der Waals surface area (Å²) in [5.74, 6) is 0.293. The van der Waals surface area contributed by atoms with Gasteiger partial charge in [-0.15, -0.1) is 0 Å². The van der Waals surface area contributed by atoms with Crippen molar-refractivity contribution in [3.63, 3.8) is 0 Å². The molecule has 2 aromatic rings. The van der Waals surface area contributed by atoms with Crippen molar-refractivity contribution in [3.8, 4) is 11.6 Å². The molecule has 0 aliphatic carbocycles. The van der Waals surface area contributed by atoms with Crippen LogP contribution in [0.2, 0.25) is 0 Å². The van der Waals surface area contributed by atoms with Crippen LogP contribution in [0.1, 0.15) is 0 Å². The van der Waals surface area contributed by atoms with Crippen LogP contribution in [-0.4, -0.2) is 20.3 Å². The monoisotopic (exact) mass is 168 g/mol. The fourth-order valence-electron chi connectivity index (χ4n) is 0.652. The van der Waals surface area contributed by atoms with E-state index in [4.69, 9.17) is 11.5 Å².